The summed E-state index contributed by atoms with van der Waals surface area (Å²) >= 11 is 3.39. The fourth-order valence-corrected chi connectivity index (χ4v) is 4.43. The van der Waals surface area contributed by atoms with Gasteiger partial charge in [0.15, 0.2) is 6.17 Å². The molecule has 1 aromatic rings. The van der Waals surface area contributed by atoms with Gasteiger partial charge >= 0.3 is 6.09 Å². The molecule has 1 atom stereocenters. The average molecular weight is 468 g/mol. The third kappa shape index (κ3) is 5.08. The summed E-state index contributed by atoms with van der Waals surface area (Å²) in [5.74, 6) is -0.492. The molecule has 2 fully saturated rings. The molecule has 2 aliphatic rings. The van der Waals surface area contributed by atoms with Crippen molar-refractivity contribution in [3.8, 4) is 0 Å². The second-order valence-electron chi connectivity index (χ2n) is 7.45. The molecule has 1 aromatic carbocycles. The van der Waals surface area contributed by atoms with Crippen molar-refractivity contribution in [3.05, 3.63) is 34.3 Å². The predicted molar refractivity (Wildman–Crippen MR) is 108 cm³/mol. The van der Waals surface area contributed by atoms with E-state index in [1.54, 1.807) is 25.1 Å². The SMILES string of the molecule is CCOC(=O)NCC1CCC(C(=O)N2CC(=O)N(O)C2c2cccc(Br)c2)CC1. The van der Waals surface area contributed by atoms with Gasteiger partial charge in [-0.15, -0.1) is 0 Å². The van der Waals surface area contributed by atoms with Crippen molar-refractivity contribution in [1.29, 1.82) is 0 Å². The lowest BCUT2D eigenvalue weighted by Gasteiger charge is -2.33. The lowest BCUT2D eigenvalue weighted by atomic mass is 9.81. The monoisotopic (exact) mass is 467 g/mol. The van der Waals surface area contributed by atoms with E-state index < -0.39 is 18.2 Å². The van der Waals surface area contributed by atoms with Crippen molar-refractivity contribution in [2.45, 2.75) is 38.8 Å². The van der Waals surface area contributed by atoms with Crippen LogP contribution >= 0.6 is 15.9 Å². The molecular formula is C20H26BrN3O5. The van der Waals surface area contributed by atoms with E-state index in [1.807, 2.05) is 6.07 Å². The van der Waals surface area contributed by atoms with E-state index in [0.717, 1.165) is 17.3 Å². The first-order valence-electron chi connectivity index (χ1n) is 9.88. The molecule has 158 valence electrons. The van der Waals surface area contributed by atoms with E-state index in [9.17, 15) is 19.6 Å². The first kappa shape index (κ1) is 21.6. The number of rotatable bonds is 5. The number of hydrogen-bond acceptors (Lipinski definition) is 5. The van der Waals surface area contributed by atoms with Crippen LogP contribution in [0.4, 0.5) is 4.79 Å². The van der Waals surface area contributed by atoms with Crippen LogP contribution in [0.15, 0.2) is 28.7 Å². The number of nitrogens with zero attached hydrogens (tertiary/aromatic N) is 2. The number of hydrogen-bond donors (Lipinski definition) is 2. The summed E-state index contributed by atoms with van der Waals surface area (Å²) in [5, 5.41) is 13.6. The quantitative estimate of drug-likeness (QED) is 0.648. The fraction of sp³-hybridized carbons (Fsp3) is 0.550. The molecule has 0 aromatic heterocycles. The standard InChI is InChI=1S/C20H26BrN3O5/c1-2-29-20(27)22-11-13-6-8-14(9-7-13)19(26)23-12-17(25)24(28)18(23)15-4-3-5-16(21)10-15/h3-5,10,13-14,18,28H,2,6-9,11-12H2,1H3,(H,22,27). The van der Waals surface area contributed by atoms with Crippen molar-refractivity contribution < 1.29 is 24.3 Å². The smallest absolute Gasteiger partial charge is 0.407 e. The van der Waals surface area contributed by atoms with Crippen LogP contribution in [0.25, 0.3) is 0 Å². The summed E-state index contributed by atoms with van der Waals surface area (Å²) in [6, 6.07) is 7.24. The molecule has 9 heteroatoms. The maximum atomic E-state index is 13.2. The van der Waals surface area contributed by atoms with Crippen LogP contribution in [-0.2, 0) is 14.3 Å². The Bertz CT molecular complexity index is 766. The van der Waals surface area contributed by atoms with Crippen LogP contribution in [0.3, 0.4) is 0 Å². The van der Waals surface area contributed by atoms with Crippen LogP contribution in [-0.4, -0.2) is 52.8 Å². The van der Waals surface area contributed by atoms with E-state index in [4.69, 9.17) is 4.74 Å². The average Bonchev–Trinajstić information content (AvgIpc) is 3.01. The Hall–Kier alpha value is -2.13. The minimum absolute atomic E-state index is 0.114. The third-order valence-corrected chi connectivity index (χ3v) is 6.02. The van der Waals surface area contributed by atoms with Crippen molar-refractivity contribution in [2.24, 2.45) is 11.8 Å². The van der Waals surface area contributed by atoms with Crippen LogP contribution in [0.1, 0.15) is 44.3 Å². The number of alkyl carbamates (subject to hydrolysis) is 1. The molecule has 1 heterocycles. The van der Waals surface area contributed by atoms with Gasteiger partial charge < -0.3 is 15.0 Å². The highest BCUT2D eigenvalue weighted by Crippen LogP contribution is 2.36. The van der Waals surface area contributed by atoms with Gasteiger partial charge in [0.1, 0.15) is 6.54 Å². The molecule has 1 saturated heterocycles. The van der Waals surface area contributed by atoms with E-state index >= 15 is 0 Å². The molecular weight excluding hydrogens is 442 g/mol. The van der Waals surface area contributed by atoms with E-state index in [0.29, 0.717) is 42.5 Å². The molecule has 0 spiro atoms. The first-order valence-corrected chi connectivity index (χ1v) is 10.7. The summed E-state index contributed by atoms with van der Waals surface area (Å²) in [6.07, 6.45) is 1.78. The molecule has 2 N–H and O–H groups in total. The number of benzene rings is 1. The minimum atomic E-state index is -0.810. The fourth-order valence-electron chi connectivity index (χ4n) is 4.02. The van der Waals surface area contributed by atoms with Crippen LogP contribution in [0.5, 0.6) is 0 Å². The molecule has 1 unspecified atom stereocenters. The van der Waals surface area contributed by atoms with Crippen molar-refractivity contribution in [3.63, 3.8) is 0 Å². The maximum Gasteiger partial charge on any atom is 0.407 e. The Morgan fingerprint density at radius 1 is 1.28 bits per heavy atom. The molecule has 29 heavy (non-hydrogen) atoms. The zero-order valence-electron chi connectivity index (χ0n) is 16.3. The Labute approximate surface area is 178 Å². The highest BCUT2D eigenvalue weighted by molar-refractivity contribution is 9.10. The number of hydroxylamine groups is 2. The normalized spacial score (nSPS) is 24.5. The first-order chi connectivity index (χ1) is 13.9. The zero-order chi connectivity index (χ0) is 21.0. The lowest BCUT2D eigenvalue weighted by Crippen LogP contribution is -2.40. The number of amides is 3. The summed E-state index contributed by atoms with van der Waals surface area (Å²) in [5.41, 5.74) is 0.674. The van der Waals surface area contributed by atoms with Crippen LogP contribution in [0, 0.1) is 11.8 Å². The summed E-state index contributed by atoms with van der Waals surface area (Å²) < 4.78 is 5.68. The van der Waals surface area contributed by atoms with E-state index in [1.165, 1.54) is 4.90 Å². The number of ether oxygens (including phenoxy) is 1. The van der Waals surface area contributed by atoms with E-state index in [-0.39, 0.29) is 18.4 Å². The van der Waals surface area contributed by atoms with Crippen molar-refractivity contribution >= 4 is 33.8 Å². The molecule has 0 bridgehead atoms. The van der Waals surface area contributed by atoms with Crippen molar-refractivity contribution in [1.82, 2.24) is 15.3 Å². The van der Waals surface area contributed by atoms with Gasteiger partial charge in [-0.3, -0.25) is 14.8 Å². The Morgan fingerprint density at radius 2 is 2.00 bits per heavy atom. The summed E-state index contributed by atoms with van der Waals surface area (Å²) in [7, 11) is 0. The van der Waals surface area contributed by atoms with Gasteiger partial charge in [-0.05, 0) is 56.2 Å². The molecule has 1 aliphatic carbocycles. The van der Waals surface area contributed by atoms with E-state index in [2.05, 4.69) is 21.2 Å². The number of halogens is 1. The maximum absolute atomic E-state index is 13.2. The highest BCUT2D eigenvalue weighted by Gasteiger charge is 2.43. The molecule has 3 amide bonds. The number of carbonyl (C=O) groups is 3. The van der Waals surface area contributed by atoms with Gasteiger partial charge in [-0.2, -0.15) is 5.06 Å². The molecule has 0 radical (unpaired) electrons. The largest absolute Gasteiger partial charge is 0.450 e. The highest BCUT2D eigenvalue weighted by atomic mass is 79.9. The van der Waals surface area contributed by atoms with Gasteiger partial charge in [0, 0.05) is 16.9 Å². The predicted octanol–water partition coefficient (Wildman–Crippen LogP) is 3.06. The summed E-state index contributed by atoms with van der Waals surface area (Å²) in [4.78, 5) is 38.2. The number of carbonyl (C=O) groups excluding carboxylic acids is 3. The van der Waals surface area contributed by atoms with Gasteiger partial charge in [0.05, 0.1) is 6.61 Å². The number of nitrogens with one attached hydrogen (secondary N) is 1. The Balaban J connectivity index is 1.61. The Morgan fingerprint density at radius 3 is 2.66 bits per heavy atom. The van der Waals surface area contributed by atoms with Gasteiger partial charge in [-0.1, -0.05) is 28.1 Å². The molecule has 8 nitrogen and oxygen atoms in total. The molecule has 3 rings (SSSR count). The third-order valence-electron chi connectivity index (χ3n) is 5.52. The topological polar surface area (TPSA) is 99.2 Å². The molecule has 1 aliphatic heterocycles. The lowest BCUT2D eigenvalue weighted by molar-refractivity contribution is -0.173. The second kappa shape index (κ2) is 9.58. The minimum Gasteiger partial charge on any atom is -0.450 e. The van der Waals surface area contributed by atoms with Gasteiger partial charge in [0.2, 0.25) is 5.91 Å². The van der Waals surface area contributed by atoms with Crippen LogP contribution < -0.4 is 5.32 Å². The Kier molecular flexibility index (Phi) is 7.13. The molecule has 1 saturated carbocycles. The van der Waals surface area contributed by atoms with Gasteiger partial charge in [-0.25, -0.2) is 4.79 Å². The van der Waals surface area contributed by atoms with Crippen LogP contribution in [0.2, 0.25) is 0 Å². The zero-order valence-corrected chi connectivity index (χ0v) is 17.9. The van der Waals surface area contributed by atoms with Crippen molar-refractivity contribution in [2.75, 3.05) is 19.7 Å². The second-order valence-corrected chi connectivity index (χ2v) is 8.37. The summed E-state index contributed by atoms with van der Waals surface area (Å²) in [6.45, 7) is 2.50. The van der Waals surface area contributed by atoms with Gasteiger partial charge in [0.25, 0.3) is 5.91 Å².